The van der Waals surface area contributed by atoms with Crippen molar-refractivity contribution in [3.8, 4) is 0 Å². The van der Waals surface area contributed by atoms with Gasteiger partial charge < -0.3 is 5.11 Å². The lowest BCUT2D eigenvalue weighted by Gasteiger charge is -2.37. The third kappa shape index (κ3) is 6.69. The summed E-state index contributed by atoms with van der Waals surface area (Å²) in [5.74, 6) is 2.88. The lowest BCUT2D eigenvalue weighted by atomic mass is 9.68. The average Bonchev–Trinajstić information content (AvgIpc) is 2.56. The smallest absolute Gasteiger partial charge is 0.307 e. The van der Waals surface area contributed by atoms with Gasteiger partial charge in [-0.1, -0.05) is 57.6 Å². The van der Waals surface area contributed by atoms with Crippen molar-refractivity contribution in [2.24, 2.45) is 23.7 Å². The highest BCUT2D eigenvalue weighted by Crippen LogP contribution is 2.42. The van der Waals surface area contributed by atoms with Gasteiger partial charge in [-0.05, 0) is 62.2 Å². The SMILES string of the molecule is CCCCC[C@H]1CC[C@H]([C@H]2CC[C@H](C=CCC(=O)O)CC2)CC1. The van der Waals surface area contributed by atoms with Gasteiger partial charge in [-0.3, -0.25) is 4.79 Å². The fraction of sp³-hybridized carbons (Fsp3) is 0.857. The zero-order valence-electron chi connectivity index (χ0n) is 15.0. The van der Waals surface area contributed by atoms with Crippen LogP contribution < -0.4 is 0 Å². The highest BCUT2D eigenvalue weighted by atomic mass is 16.4. The molecule has 23 heavy (non-hydrogen) atoms. The molecule has 1 N–H and O–H groups in total. The summed E-state index contributed by atoms with van der Waals surface area (Å²) in [5.41, 5.74) is 0. The first-order valence-corrected chi connectivity index (χ1v) is 10.1. The number of carbonyl (C=O) groups is 1. The second kappa shape index (κ2) is 10.2. The van der Waals surface area contributed by atoms with E-state index in [0.717, 1.165) is 17.8 Å². The number of carboxylic acids is 1. The molecule has 0 amide bonds. The van der Waals surface area contributed by atoms with Gasteiger partial charge in [0.2, 0.25) is 0 Å². The van der Waals surface area contributed by atoms with Crippen molar-refractivity contribution in [3.63, 3.8) is 0 Å². The van der Waals surface area contributed by atoms with Gasteiger partial charge in [-0.15, -0.1) is 0 Å². The quantitative estimate of drug-likeness (QED) is 0.426. The van der Waals surface area contributed by atoms with E-state index in [1.807, 2.05) is 6.08 Å². The normalized spacial score (nSPS) is 32.2. The van der Waals surface area contributed by atoms with Crippen molar-refractivity contribution < 1.29 is 9.90 Å². The van der Waals surface area contributed by atoms with Gasteiger partial charge in [-0.25, -0.2) is 0 Å². The average molecular weight is 321 g/mol. The van der Waals surface area contributed by atoms with Crippen LogP contribution in [0, 0.1) is 23.7 Å². The number of allylic oxidation sites excluding steroid dienone is 1. The molecule has 2 saturated carbocycles. The summed E-state index contributed by atoms with van der Waals surface area (Å²) in [4.78, 5) is 10.6. The van der Waals surface area contributed by atoms with Crippen molar-refractivity contribution in [2.75, 3.05) is 0 Å². The Bertz CT molecular complexity index is 358. The summed E-state index contributed by atoms with van der Waals surface area (Å²) in [7, 11) is 0. The van der Waals surface area contributed by atoms with E-state index >= 15 is 0 Å². The minimum atomic E-state index is -0.717. The van der Waals surface area contributed by atoms with E-state index in [2.05, 4.69) is 13.0 Å². The molecule has 0 aromatic heterocycles. The van der Waals surface area contributed by atoms with E-state index in [9.17, 15) is 4.79 Å². The molecule has 2 aliphatic carbocycles. The van der Waals surface area contributed by atoms with Crippen LogP contribution >= 0.6 is 0 Å². The van der Waals surface area contributed by atoms with Gasteiger partial charge >= 0.3 is 5.97 Å². The van der Waals surface area contributed by atoms with E-state index in [-0.39, 0.29) is 6.42 Å². The van der Waals surface area contributed by atoms with Crippen LogP contribution in [0.1, 0.15) is 90.4 Å². The molecular formula is C21H36O2. The monoisotopic (exact) mass is 320 g/mol. The van der Waals surface area contributed by atoms with E-state index in [1.165, 1.54) is 77.0 Å². The molecule has 2 nitrogen and oxygen atoms in total. The van der Waals surface area contributed by atoms with Crippen molar-refractivity contribution in [2.45, 2.75) is 90.4 Å². The van der Waals surface area contributed by atoms with Gasteiger partial charge in [0.15, 0.2) is 0 Å². The summed E-state index contributed by atoms with van der Waals surface area (Å²) >= 11 is 0. The summed E-state index contributed by atoms with van der Waals surface area (Å²) < 4.78 is 0. The first-order valence-electron chi connectivity index (χ1n) is 10.1. The molecule has 2 heteroatoms. The largest absolute Gasteiger partial charge is 0.481 e. The predicted octanol–water partition coefficient (Wildman–Crippen LogP) is 6.21. The maximum atomic E-state index is 10.6. The second-order valence-corrected chi connectivity index (χ2v) is 7.98. The molecule has 0 radical (unpaired) electrons. The first-order chi connectivity index (χ1) is 11.2. The van der Waals surface area contributed by atoms with Crippen LogP contribution in [0.4, 0.5) is 0 Å². The Kier molecular flexibility index (Phi) is 8.19. The molecule has 2 aliphatic rings. The minimum Gasteiger partial charge on any atom is -0.481 e. The Morgan fingerprint density at radius 2 is 1.57 bits per heavy atom. The maximum absolute atomic E-state index is 10.6. The standard InChI is InChI=1S/C21H36O2/c1-2-3-4-6-17-9-13-19(14-10-17)20-15-11-18(12-16-20)7-5-8-21(22)23/h5,7,17-20H,2-4,6,8-16H2,1H3,(H,22,23)/t17-,18-,19-,20-. The fourth-order valence-corrected chi connectivity index (χ4v) is 4.80. The predicted molar refractivity (Wildman–Crippen MR) is 96.4 cm³/mol. The van der Waals surface area contributed by atoms with Crippen molar-refractivity contribution in [1.82, 2.24) is 0 Å². The first kappa shape index (κ1) is 18.5. The number of hydrogen-bond donors (Lipinski definition) is 1. The van der Waals surface area contributed by atoms with Crippen molar-refractivity contribution in [3.05, 3.63) is 12.2 Å². The number of carboxylic acid groups (broad SMARTS) is 1. The molecule has 0 spiro atoms. The fourth-order valence-electron chi connectivity index (χ4n) is 4.80. The summed E-state index contributed by atoms with van der Waals surface area (Å²) in [6.07, 6.45) is 21.1. The Labute approximate surface area is 142 Å². The minimum absolute atomic E-state index is 0.183. The molecule has 2 fully saturated rings. The molecule has 2 rings (SSSR count). The topological polar surface area (TPSA) is 37.3 Å². The molecule has 0 aromatic rings. The van der Waals surface area contributed by atoms with Crippen LogP contribution in [0.25, 0.3) is 0 Å². The molecule has 0 aliphatic heterocycles. The molecule has 0 bridgehead atoms. The van der Waals surface area contributed by atoms with Crippen LogP contribution in [0.15, 0.2) is 12.2 Å². The summed E-state index contributed by atoms with van der Waals surface area (Å²) in [6.45, 7) is 2.30. The Morgan fingerprint density at radius 3 is 2.13 bits per heavy atom. The molecule has 0 aromatic carbocycles. The van der Waals surface area contributed by atoms with Crippen molar-refractivity contribution in [1.29, 1.82) is 0 Å². The van der Waals surface area contributed by atoms with Crippen molar-refractivity contribution >= 4 is 5.97 Å². The zero-order valence-corrected chi connectivity index (χ0v) is 15.0. The lowest BCUT2D eigenvalue weighted by Crippen LogP contribution is -2.25. The second-order valence-electron chi connectivity index (χ2n) is 7.98. The van der Waals surface area contributed by atoms with E-state index in [1.54, 1.807) is 0 Å². The molecule has 0 heterocycles. The molecule has 132 valence electrons. The van der Waals surface area contributed by atoms with E-state index < -0.39 is 5.97 Å². The highest BCUT2D eigenvalue weighted by Gasteiger charge is 2.30. The van der Waals surface area contributed by atoms with Crippen LogP contribution in [-0.2, 0) is 4.79 Å². The maximum Gasteiger partial charge on any atom is 0.307 e. The van der Waals surface area contributed by atoms with Crippen LogP contribution in [-0.4, -0.2) is 11.1 Å². The van der Waals surface area contributed by atoms with Gasteiger partial charge in [-0.2, -0.15) is 0 Å². The number of hydrogen-bond acceptors (Lipinski definition) is 1. The third-order valence-electron chi connectivity index (χ3n) is 6.29. The Balaban J connectivity index is 1.63. The number of unbranched alkanes of at least 4 members (excludes halogenated alkanes) is 2. The van der Waals surface area contributed by atoms with Gasteiger partial charge in [0, 0.05) is 0 Å². The Morgan fingerprint density at radius 1 is 0.957 bits per heavy atom. The molecular weight excluding hydrogens is 284 g/mol. The lowest BCUT2D eigenvalue weighted by molar-refractivity contribution is -0.136. The molecule has 0 atom stereocenters. The van der Waals surface area contributed by atoms with E-state index in [4.69, 9.17) is 5.11 Å². The van der Waals surface area contributed by atoms with Crippen LogP contribution in [0.2, 0.25) is 0 Å². The molecule has 0 unspecified atom stereocenters. The summed E-state index contributed by atoms with van der Waals surface area (Å²) in [6, 6.07) is 0. The van der Waals surface area contributed by atoms with Crippen LogP contribution in [0.5, 0.6) is 0 Å². The van der Waals surface area contributed by atoms with Gasteiger partial charge in [0.1, 0.15) is 0 Å². The summed E-state index contributed by atoms with van der Waals surface area (Å²) in [5, 5.41) is 8.69. The third-order valence-corrected chi connectivity index (χ3v) is 6.29. The zero-order chi connectivity index (χ0) is 16.5. The van der Waals surface area contributed by atoms with Gasteiger partial charge in [0.05, 0.1) is 6.42 Å². The van der Waals surface area contributed by atoms with Gasteiger partial charge in [0.25, 0.3) is 0 Å². The number of rotatable bonds is 8. The van der Waals surface area contributed by atoms with Crippen LogP contribution in [0.3, 0.4) is 0 Å². The van der Waals surface area contributed by atoms with E-state index in [0.29, 0.717) is 5.92 Å². The Hall–Kier alpha value is -0.790. The highest BCUT2D eigenvalue weighted by molar-refractivity contribution is 5.68. The molecule has 0 saturated heterocycles. The number of aliphatic carboxylic acids is 1.